The van der Waals surface area contributed by atoms with E-state index in [4.69, 9.17) is 5.73 Å². The number of hydrogen-bond acceptors (Lipinski definition) is 2. The molecular formula is C10H17Cl2NO. The smallest absolute Gasteiger partial charge is 0.0665 e. The van der Waals surface area contributed by atoms with Gasteiger partial charge in [0.25, 0.3) is 0 Å². The summed E-state index contributed by atoms with van der Waals surface area (Å²) in [6.45, 7) is 0.354. The zero-order valence-electron chi connectivity index (χ0n) is 7.93. The Balaban J connectivity index is 0. The predicted molar refractivity (Wildman–Crippen MR) is 64.3 cm³/mol. The van der Waals surface area contributed by atoms with Crippen LogP contribution < -0.4 is 5.73 Å². The highest BCUT2D eigenvalue weighted by Crippen LogP contribution is 2.03. The second-order valence-corrected chi connectivity index (χ2v) is 2.91. The topological polar surface area (TPSA) is 46.2 Å². The van der Waals surface area contributed by atoms with E-state index >= 15 is 0 Å². The van der Waals surface area contributed by atoms with Crippen molar-refractivity contribution < 1.29 is 5.11 Å². The largest absolute Gasteiger partial charge is 0.392 e. The molecule has 0 aliphatic rings. The predicted octanol–water partition coefficient (Wildman–Crippen LogP) is 1.78. The van der Waals surface area contributed by atoms with Crippen LogP contribution in [0.1, 0.15) is 12.0 Å². The Labute approximate surface area is 97.3 Å². The summed E-state index contributed by atoms with van der Waals surface area (Å²) in [4.78, 5) is 0. The second-order valence-electron chi connectivity index (χ2n) is 2.91. The first-order valence-corrected chi connectivity index (χ1v) is 4.25. The fourth-order valence-corrected chi connectivity index (χ4v) is 1.10. The Morgan fingerprint density at radius 1 is 1.14 bits per heavy atom. The minimum atomic E-state index is -0.356. The summed E-state index contributed by atoms with van der Waals surface area (Å²) in [5, 5.41) is 9.19. The van der Waals surface area contributed by atoms with Crippen LogP contribution in [0.4, 0.5) is 0 Å². The highest BCUT2D eigenvalue weighted by atomic mass is 35.5. The Bertz CT molecular complexity index is 219. The van der Waals surface area contributed by atoms with Crippen molar-refractivity contribution in [3.8, 4) is 0 Å². The summed E-state index contributed by atoms with van der Waals surface area (Å²) in [5.74, 6) is 0. The SMILES string of the molecule is Cl.Cl.NCC(O)CCc1ccccc1. The molecule has 0 spiro atoms. The molecule has 0 fully saturated rings. The molecule has 2 nitrogen and oxygen atoms in total. The van der Waals surface area contributed by atoms with Crippen LogP contribution in [0.5, 0.6) is 0 Å². The van der Waals surface area contributed by atoms with Gasteiger partial charge in [-0.1, -0.05) is 30.3 Å². The van der Waals surface area contributed by atoms with Gasteiger partial charge in [-0.3, -0.25) is 0 Å². The fourth-order valence-electron chi connectivity index (χ4n) is 1.10. The van der Waals surface area contributed by atoms with E-state index in [2.05, 4.69) is 12.1 Å². The van der Waals surface area contributed by atoms with Gasteiger partial charge in [-0.15, -0.1) is 24.8 Å². The third-order valence-corrected chi connectivity index (χ3v) is 1.88. The number of aryl methyl sites for hydroxylation is 1. The quantitative estimate of drug-likeness (QED) is 0.839. The molecule has 1 unspecified atom stereocenters. The summed E-state index contributed by atoms with van der Waals surface area (Å²) >= 11 is 0. The van der Waals surface area contributed by atoms with Gasteiger partial charge in [0.2, 0.25) is 0 Å². The first-order chi connectivity index (χ1) is 5.83. The average molecular weight is 238 g/mol. The second kappa shape index (κ2) is 9.28. The van der Waals surface area contributed by atoms with Crippen molar-refractivity contribution in [2.24, 2.45) is 5.73 Å². The van der Waals surface area contributed by atoms with E-state index in [1.54, 1.807) is 0 Å². The molecule has 0 aliphatic carbocycles. The van der Waals surface area contributed by atoms with Gasteiger partial charge in [0, 0.05) is 6.54 Å². The molecule has 0 aromatic heterocycles. The maximum atomic E-state index is 9.19. The molecule has 0 heterocycles. The van der Waals surface area contributed by atoms with Crippen molar-refractivity contribution in [2.75, 3.05) is 6.54 Å². The van der Waals surface area contributed by atoms with Crippen molar-refractivity contribution in [3.05, 3.63) is 35.9 Å². The third kappa shape index (κ3) is 6.22. The lowest BCUT2D eigenvalue weighted by atomic mass is 10.1. The van der Waals surface area contributed by atoms with Crippen LogP contribution in [0, 0.1) is 0 Å². The van der Waals surface area contributed by atoms with Crippen LogP contribution in [-0.2, 0) is 6.42 Å². The third-order valence-electron chi connectivity index (χ3n) is 1.88. The fraction of sp³-hybridized carbons (Fsp3) is 0.400. The molecule has 1 aromatic rings. The normalized spacial score (nSPS) is 11.0. The molecule has 0 bridgehead atoms. The number of aliphatic hydroxyl groups excluding tert-OH is 1. The number of halogens is 2. The van der Waals surface area contributed by atoms with Gasteiger partial charge >= 0.3 is 0 Å². The molecule has 0 saturated heterocycles. The van der Waals surface area contributed by atoms with E-state index in [-0.39, 0.29) is 30.9 Å². The number of rotatable bonds is 4. The van der Waals surface area contributed by atoms with Crippen molar-refractivity contribution >= 4 is 24.8 Å². The molecule has 0 amide bonds. The molecule has 0 aliphatic heterocycles. The van der Waals surface area contributed by atoms with Gasteiger partial charge < -0.3 is 10.8 Å². The van der Waals surface area contributed by atoms with E-state index in [0.29, 0.717) is 6.54 Å². The van der Waals surface area contributed by atoms with E-state index in [0.717, 1.165) is 12.8 Å². The summed E-state index contributed by atoms with van der Waals surface area (Å²) in [6.07, 6.45) is 1.30. The Kier molecular flexibility index (Phi) is 10.7. The van der Waals surface area contributed by atoms with Crippen molar-refractivity contribution in [3.63, 3.8) is 0 Å². The summed E-state index contributed by atoms with van der Waals surface area (Å²) < 4.78 is 0. The lowest BCUT2D eigenvalue weighted by molar-refractivity contribution is 0.173. The average Bonchev–Trinajstić information content (AvgIpc) is 2.16. The Hall–Kier alpha value is -0.280. The van der Waals surface area contributed by atoms with Crippen molar-refractivity contribution in [2.45, 2.75) is 18.9 Å². The van der Waals surface area contributed by atoms with Gasteiger partial charge in [0.15, 0.2) is 0 Å². The molecule has 3 N–H and O–H groups in total. The lowest BCUT2D eigenvalue weighted by Gasteiger charge is -2.06. The highest BCUT2D eigenvalue weighted by molar-refractivity contribution is 5.85. The van der Waals surface area contributed by atoms with Crippen molar-refractivity contribution in [1.82, 2.24) is 0 Å². The van der Waals surface area contributed by atoms with Gasteiger partial charge in [-0.25, -0.2) is 0 Å². The van der Waals surface area contributed by atoms with Gasteiger partial charge in [0.05, 0.1) is 6.10 Å². The zero-order valence-corrected chi connectivity index (χ0v) is 9.56. The van der Waals surface area contributed by atoms with Crippen LogP contribution in [0.25, 0.3) is 0 Å². The summed E-state index contributed by atoms with van der Waals surface area (Å²) in [7, 11) is 0. The number of aliphatic hydroxyl groups is 1. The summed E-state index contributed by atoms with van der Waals surface area (Å²) in [6, 6.07) is 10.1. The van der Waals surface area contributed by atoms with E-state index in [9.17, 15) is 5.11 Å². The molecule has 82 valence electrons. The number of hydrogen-bond donors (Lipinski definition) is 2. The molecule has 1 rings (SSSR count). The van der Waals surface area contributed by atoms with Gasteiger partial charge in [0.1, 0.15) is 0 Å². The number of benzene rings is 1. The Morgan fingerprint density at radius 2 is 1.71 bits per heavy atom. The maximum absolute atomic E-state index is 9.19. The van der Waals surface area contributed by atoms with Crippen LogP contribution in [0.2, 0.25) is 0 Å². The van der Waals surface area contributed by atoms with E-state index < -0.39 is 0 Å². The molecule has 4 heteroatoms. The minimum absolute atomic E-state index is 0. The lowest BCUT2D eigenvalue weighted by Crippen LogP contribution is -2.20. The number of nitrogens with two attached hydrogens (primary N) is 1. The monoisotopic (exact) mass is 237 g/mol. The van der Waals surface area contributed by atoms with Crippen LogP contribution in [-0.4, -0.2) is 17.8 Å². The van der Waals surface area contributed by atoms with Crippen LogP contribution in [0.3, 0.4) is 0 Å². The molecule has 0 radical (unpaired) electrons. The van der Waals surface area contributed by atoms with Crippen LogP contribution >= 0.6 is 24.8 Å². The van der Waals surface area contributed by atoms with E-state index in [1.165, 1.54) is 5.56 Å². The molecule has 1 atom stereocenters. The zero-order chi connectivity index (χ0) is 8.81. The Morgan fingerprint density at radius 3 is 2.21 bits per heavy atom. The molecule has 0 saturated carbocycles. The van der Waals surface area contributed by atoms with E-state index in [1.807, 2.05) is 18.2 Å². The van der Waals surface area contributed by atoms with Gasteiger partial charge in [-0.05, 0) is 18.4 Å². The summed E-state index contributed by atoms with van der Waals surface area (Å²) in [5.41, 5.74) is 6.54. The molecular weight excluding hydrogens is 221 g/mol. The standard InChI is InChI=1S/C10H15NO.2ClH/c11-8-10(12)7-6-9-4-2-1-3-5-9;;/h1-5,10,12H,6-8,11H2;2*1H. The molecule has 14 heavy (non-hydrogen) atoms. The first-order valence-electron chi connectivity index (χ1n) is 4.25. The van der Waals surface area contributed by atoms with Crippen molar-refractivity contribution in [1.29, 1.82) is 0 Å². The van der Waals surface area contributed by atoms with Gasteiger partial charge in [-0.2, -0.15) is 0 Å². The molecule has 1 aromatic carbocycles. The maximum Gasteiger partial charge on any atom is 0.0665 e. The first kappa shape index (κ1) is 16.2. The highest BCUT2D eigenvalue weighted by Gasteiger charge is 2.00. The van der Waals surface area contributed by atoms with Crippen LogP contribution in [0.15, 0.2) is 30.3 Å². The minimum Gasteiger partial charge on any atom is -0.392 e.